The third kappa shape index (κ3) is 3.23. The lowest BCUT2D eigenvalue weighted by Crippen LogP contribution is -3.06. The first-order chi connectivity index (χ1) is 11.6. The molecule has 0 radical (unpaired) electrons. The molecule has 0 aliphatic heterocycles. The molecule has 24 heavy (non-hydrogen) atoms. The summed E-state index contributed by atoms with van der Waals surface area (Å²) >= 11 is 5.70. The number of benzene rings is 2. The Kier molecular flexibility index (Phi) is 5.02. The van der Waals surface area contributed by atoms with E-state index < -0.39 is 0 Å². The van der Waals surface area contributed by atoms with Crippen molar-refractivity contribution in [2.75, 3.05) is 14.2 Å². The van der Waals surface area contributed by atoms with Gasteiger partial charge in [0.2, 0.25) is 0 Å². The number of aromatic nitrogens is 2. The van der Waals surface area contributed by atoms with Gasteiger partial charge in [0.1, 0.15) is 12.3 Å². The normalized spacial score (nSPS) is 12.5. The van der Waals surface area contributed by atoms with E-state index in [0.717, 1.165) is 30.3 Å². The highest BCUT2D eigenvalue weighted by Crippen LogP contribution is 2.17. The molecule has 1 atom stereocenters. The van der Waals surface area contributed by atoms with Crippen LogP contribution in [0.1, 0.15) is 12.5 Å². The number of methoxy groups -OCH3 is 1. The number of aryl methyl sites for hydroxylation is 1. The maximum Gasteiger partial charge on any atom is 0.185 e. The van der Waals surface area contributed by atoms with Gasteiger partial charge in [-0.25, -0.2) is 0 Å². The van der Waals surface area contributed by atoms with Crippen molar-refractivity contribution >= 4 is 23.3 Å². The lowest BCUT2D eigenvalue weighted by molar-refractivity contribution is -0.916. The Labute approximate surface area is 147 Å². The van der Waals surface area contributed by atoms with Gasteiger partial charge in [0.15, 0.2) is 11.4 Å². The fourth-order valence-corrected chi connectivity index (χ4v) is 3.54. The molecule has 0 amide bonds. The van der Waals surface area contributed by atoms with E-state index in [1.165, 1.54) is 21.5 Å². The maximum absolute atomic E-state index is 5.70. The van der Waals surface area contributed by atoms with Crippen LogP contribution in [0.25, 0.3) is 11.0 Å². The Bertz CT molecular complexity index is 880. The van der Waals surface area contributed by atoms with Crippen LogP contribution in [0.5, 0.6) is 5.75 Å². The SMILES string of the molecule is CCn1c(=S)n(C[NH+](C)Cc2ccc(OC)cc2)c2ccccc21. The largest absolute Gasteiger partial charge is 0.497 e. The summed E-state index contributed by atoms with van der Waals surface area (Å²) in [6.07, 6.45) is 0. The molecule has 1 aromatic heterocycles. The molecular formula is C19H24N3OS+. The van der Waals surface area contributed by atoms with Crippen LogP contribution in [0.4, 0.5) is 0 Å². The summed E-state index contributed by atoms with van der Waals surface area (Å²) in [5, 5.41) is 0. The van der Waals surface area contributed by atoms with Gasteiger partial charge in [0.05, 0.1) is 25.2 Å². The second-order valence-electron chi connectivity index (χ2n) is 6.08. The second-order valence-corrected chi connectivity index (χ2v) is 6.45. The highest BCUT2D eigenvalue weighted by molar-refractivity contribution is 7.71. The van der Waals surface area contributed by atoms with Crippen LogP contribution < -0.4 is 9.64 Å². The molecular weight excluding hydrogens is 318 g/mol. The van der Waals surface area contributed by atoms with Crippen LogP contribution in [0.2, 0.25) is 0 Å². The van der Waals surface area contributed by atoms with Crippen molar-refractivity contribution in [1.82, 2.24) is 9.13 Å². The van der Waals surface area contributed by atoms with Crippen molar-refractivity contribution < 1.29 is 9.64 Å². The Balaban J connectivity index is 1.83. The zero-order chi connectivity index (χ0) is 17.1. The number of ether oxygens (including phenoxy) is 1. The fourth-order valence-electron chi connectivity index (χ4n) is 3.15. The lowest BCUT2D eigenvalue weighted by Gasteiger charge is -2.15. The number of rotatable bonds is 6. The standard InChI is InChI=1S/C19H23N3OS/c1-4-21-17-7-5-6-8-18(17)22(19(21)24)14-20(2)13-15-9-11-16(23-3)12-10-15/h5-12H,4,13-14H2,1-3H3/p+1. The number of fused-ring (bicyclic) bond motifs is 1. The van der Waals surface area contributed by atoms with Gasteiger partial charge in [-0.05, 0) is 55.5 Å². The molecule has 0 aliphatic carbocycles. The Hall–Kier alpha value is -2.11. The predicted octanol–water partition coefficient (Wildman–Crippen LogP) is 2.87. The highest BCUT2D eigenvalue weighted by atomic mass is 32.1. The lowest BCUT2D eigenvalue weighted by atomic mass is 10.2. The summed E-state index contributed by atoms with van der Waals surface area (Å²) in [6.45, 7) is 4.82. The van der Waals surface area contributed by atoms with E-state index >= 15 is 0 Å². The minimum absolute atomic E-state index is 0.846. The van der Waals surface area contributed by atoms with Crippen molar-refractivity contribution in [3.8, 4) is 5.75 Å². The molecule has 5 heteroatoms. The van der Waals surface area contributed by atoms with Gasteiger partial charge >= 0.3 is 0 Å². The first-order valence-corrected chi connectivity index (χ1v) is 8.67. The number of quaternary nitrogens is 1. The third-order valence-corrected chi connectivity index (χ3v) is 4.78. The third-order valence-electron chi connectivity index (χ3n) is 4.33. The Morgan fingerprint density at radius 1 is 1.00 bits per heavy atom. The number of imidazole rings is 1. The van der Waals surface area contributed by atoms with Crippen LogP contribution in [0.3, 0.4) is 0 Å². The van der Waals surface area contributed by atoms with Crippen LogP contribution >= 0.6 is 12.2 Å². The highest BCUT2D eigenvalue weighted by Gasteiger charge is 2.12. The van der Waals surface area contributed by atoms with Gasteiger partial charge < -0.3 is 14.2 Å². The van der Waals surface area contributed by atoms with Gasteiger partial charge in [0, 0.05) is 12.1 Å². The number of hydrogen-bond acceptors (Lipinski definition) is 2. The molecule has 3 rings (SSSR count). The summed E-state index contributed by atoms with van der Waals surface area (Å²) in [6, 6.07) is 16.7. The Morgan fingerprint density at radius 2 is 1.62 bits per heavy atom. The van der Waals surface area contributed by atoms with E-state index in [2.05, 4.69) is 59.5 Å². The van der Waals surface area contributed by atoms with E-state index in [9.17, 15) is 0 Å². The summed E-state index contributed by atoms with van der Waals surface area (Å²) < 4.78 is 10.6. The van der Waals surface area contributed by atoms with Crippen molar-refractivity contribution in [3.63, 3.8) is 0 Å². The molecule has 0 fully saturated rings. The van der Waals surface area contributed by atoms with Gasteiger partial charge in [-0.1, -0.05) is 12.1 Å². The average Bonchev–Trinajstić information content (AvgIpc) is 2.87. The monoisotopic (exact) mass is 342 g/mol. The van der Waals surface area contributed by atoms with Crippen molar-refractivity contribution in [3.05, 3.63) is 58.9 Å². The first kappa shape index (κ1) is 16.7. The van der Waals surface area contributed by atoms with Gasteiger partial charge in [-0.15, -0.1) is 0 Å². The minimum Gasteiger partial charge on any atom is -0.497 e. The van der Waals surface area contributed by atoms with E-state index in [0.29, 0.717) is 0 Å². The molecule has 1 N–H and O–H groups in total. The number of hydrogen-bond donors (Lipinski definition) is 1. The Morgan fingerprint density at radius 3 is 2.21 bits per heavy atom. The molecule has 0 aliphatic rings. The van der Waals surface area contributed by atoms with Gasteiger partial charge in [-0.3, -0.25) is 4.57 Å². The average molecular weight is 342 g/mol. The van der Waals surface area contributed by atoms with Gasteiger partial charge in [-0.2, -0.15) is 0 Å². The molecule has 4 nitrogen and oxygen atoms in total. The molecule has 0 bridgehead atoms. The van der Waals surface area contributed by atoms with E-state index in [1.807, 2.05) is 12.1 Å². The van der Waals surface area contributed by atoms with Crippen LogP contribution in [-0.4, -0.2) is 23.3 Å². The van der Waals surface area contributed by atoms with Crippen molar-refractivity contribution in [1.29, 1.82) is 0 Å². The van der Waals surface area contributed by atoms with E-state index in [1.54, 1.807) is 7.11 Å². The van der Waals surface area contributed by atoms with Crippen LogP contribution in [-0.2, 0) is 19.8 Å². The molecule has 0 spiro atoms. The predicted molar refractivity (Wildman–Crippen MR) is 100 cm³/mol. The summed E-state index contributed by atoms with van der Waals surface area (Å²) in [5.41, 5.74) is 3.71. The van der Waals surface area contributed by atoms with Crippen molar-refractivity contribution in [2.24, 2.45) is 0 Å². The molecule has 0 saturated carbocycles. The fraction of sp³-hybridized carbons (Fsp3) is 0.316. The number of nitrogens with one attached hydrogen (secondary N) is 1. The first-order valence-electron chi connectivity index (χ1n) is 8.26. The van der Waals surface area contributed by atoms with E-state index in [-0.39, 0.29) is 0 Å². The molecule has 1 heterocycles. The molecule has 2 aromatic carbocycles. The second kappa shape index (κ2) is 7.20. The minimum atomic E-state index is 0.846. The quantitative estimate of drug-likeness (QED) is 0.697. The molecule has 1 unspecified atom stereocenters. The maximum atomic E-state index is 5.70. The summed E-state index contributed by atoms with van der Waals surface area (Å²) in [4.78, 5) is 1.38. The zero-order valence-corrected chi connectivity index (χ0v) is 15.3. The van der Waals surface area contributed by atoms with Gasteiger partial charge in [0.25, 0.3) is 0 Å². The molecule has 126 valence electrons. The smallest absolute Gasteiger partial charge is 0.185 e. The number of nitrogens with zero attached hydrogens (tertiary/aromatic N) is 2. The topological polar surface area (TPSA) is 23.5 Å². The van der Waals surface area contributed by atoms with Crippen LogP contribution in [0.15, 0.2) is 48.5 Å². The zero-order valence-electron chi connectivity index (χ0n) is 14.5. The van der Waals surface area contributed by atoms with Crippen molar-refractivity contribution in [2.45, 2.75) is 26.7 Å². The number of para-hydroxylation sites is 2. The van der Waals surface area contributed by atoms with Crippen LogP contribution in [0, 0.1) is 4.77 Å². The molecule has 0 saturated heterocycles. The summed E-state index contributed by atoms with van der Waals surface area (Å²) in [5.74, 6) is 0.893. The van der Waals surface area contributed by atoms with E-state index in [4.69, 9.17) is 17.0 Å². The molecule has 3 aromatic rings. The summed E-state index contributed by atoms with van der Waals surface area (Å²) in [7, 11) is 3.89.